The highest BCUT2D eigenvalue weighted by Crippen LogP contribution is 2.28. The molecule has 0 nitrogen and oxygen atoms in total. The van der Waals surface area contributed by atoms with Gasteiger partial charge in [-0.05, 0) is 17.9 Å². The molecule has 0 aromatic heterocycles. The first-order chi connectivity index (χ1) is 4.22. The van der Waals surface area contributed by atoms with Gasteiger partial charge in [-0.1, -0.05) is 37.6 Å². The maximum Gasteiger partial charge on any atom is 0.0400 e. The molecule has 0 bridgehead atoms. The average molecular weight is 143 g/mol. The van der Waals surface area contributed by atoms with E-state index in [2.05, 4.69) is 26.0 Å². The van der Waals surface area contributed by atoms with Crippen molar-refractivity contribution in [3.63, 3.8) is 0 Å². The fourth-order valence-electron chi connectivity index (χ4n) is 1.02. The van der Waals surface area contributed by atoms with Crippen LogP contribution in [0.25, 0.3) is 0 Å². The van der Waals surface area contributed by atoms with E-state index in [9.17, 15) is 0 Å². The lowest BCUT2D eigenvalue weighted by atomic mass is 10.1. The van der Waals surface area contributed by atoms with Crippen molar-refractivity contribution in [2.75, 3.05) is 0 Å². The van der Waals surface area contributed by atoms with Gasteiger partial charge in [0.2, 0.25) is 0 Å². The third kappa shape index (κ3) is 1.36. The third-order valence-electron chi connectivity index (χ3n) is 1.53. The van der Waals surface area contributed by atoms with Crippen LogP contribution in [0, 0.1) is 5.92 Å². The van der Waals surface area contributed by atoms with E-state index >= 15 is 0 Å². The molecular formula is C8H11Cl. The number of halogens is 1. The lowest BCUT2D eigenvalue weighted by Gasteiger charge is -2.04. The van der Waals surface area contributed by atoms with Crippen LogP contribution < -0.4 is 0 Å². The Morgan fingerprint density at radius 3 is 2.33 bits per heavy atom. The molecule has 0 fully saturated rings. The molecule has 0 saturated heterocycles. The monoisotopic (exact) mass is 142 g/mol. The minimum atomic E-state index is 0.580. The summed E-state index contributed by atoms with van der Waals surface area (Å²) in [5.41, 5.74) is 1.30. The molecule has 0 spiro atoms. The maximum absolute atomic E-state index is 5.87. The average Bonchev–Trinajstić information content (AvgIpc) is 2.13. The number of hydrogen-bond donors (Lipinski definition) is 0. The Kier molecular flexibility index (Phi) is 1.97. The third-order valence-corrected chi connectivity index (χ3v) is 1.91. The van der Waals surface area contributed by atoms with E-state index in [0.29, 0.717) is 5.92 Å². The van der Waals surface area contributed by atoms with Crippen molar-refractivity contribution in [1.82, 2.24) is 0 Å². The summed E-state index contributed by atoms with van der Waals surface area (Å²) in [5, 5.41) is 0.949. The predicted molar refractivity (Wildman–Crippen MR) is 41.5 cm³/mol. The molecule has 0 radical (unpaired) electrons. The Hall–Kier alpha value is -0.230. The highest BCUT2D eigenvalue weighted by atomic mass is 35.5. The van der Waals surface area contributed by atoms with Crippen LogP contribution in [0.4, 0.5) is 0 Å². The first-order valence-corrected chi connectivity index (χ1v) is 3.65. The van der Waals surface area contributed by atoms with E-state index in [0.717, 1.165) is 11.5 Å². The second-order valence-corrected chi connectivity index (χ2v) is 3.01. The summed E-state index contributed by atoms with van der Waals surface area (Å²) in [6.45, 7) is 4.32. The Morgan fingerprint density at radius 1 is 1.44 bits per heavy atom. The molecule has 1 aliphatic carbocycles. The van der Waals surface area contributed by atoms with Gasteiger partial charge < -0.3 is 0 Å². The van der Waals surface area contributed by atoms with Gasteiger partial charge in [0.25, 0.3) is 0 Å². The summed E-state index contributed by atoms with van der Waals surface area (Å²) >= 11 is 5.87. The van der Waals surface area contributed by atoms with Crippen molar-refractivity contribution >= 4 is 11.6 Å². The van der Waals surface area contributed by atoms with Crippen LogP contribution in [0.5, 0.6) is 0 Å². The summed E-state index contributed by atoms with van der Waals surface area (Å²) in [6, 6.07) is 0. The smallest absolute Gasteiger partial charge is 0.0400 e. The fourth-order valence-corrected chi connectivity index (χ4v) is 1.40. The molecule has 0 aromatic rings. The SMILES string of the molecule is CC(C)C1=CCC=C1Cl. The van der Waals surface area contributed by atoms with Gasteiger partial charge >= 0.3 is 0 Å². The fraction of sp³-hybridized carbons (Fsp3) is 0.500. The quantitative estimate of drug-likeness (QED) is 0.528. The van der Waals surface area contributed by atoms with Crippen molar-refractivity contribution in [2.24, 2.45) is 5.92 Å². The normalized spacial score (nSPS) is 18.2. The Morgan fingerprint density at radius 2 is 2.11 bits per heavy atom. The largest absolute Gasteiger partial charge is 0.0844 e. The van der Waals surface area contributed by atoms with E-state index in [1.807, 2.05) is 0 Å². The van der Waals surface area contributed by atoms with E-state index in [1.54, 1.807) is 0 Å². The lowest BCUT2D eigenvalue weighted by molar-refractivity contribution is 0.789. The van der Waals surface area contributed by atoms with E-state index in [4.69, 9.17) is 11.6 Å². The van der Waals surface area contributed by atoms with E-state index in [-0.39, 0.29) is 0 Å². The van der Waals surface area contributed by atoms with Crippen molar-refractivity contribution in [1.29, 1.82) is 0 Å². The van der Waals surface area contributed by atoms with Gasteiger partial charge in [-0.25, -0.2) is 0 Å². The molecule has 0 atom stereocenters. The molecule has 0 saturated carbocycles. The summed E-state index contributed by atoms with van der Waals surface area (Å²) in [7, 11) is 0. The molecular weight excluding hydrogens is 132 g/mol. The summed E-state index contributed by atoms with van der Waals surface area (Å²) in [5.74, 6) is 0.580. The minimum absolute atomic E-state index is 0.580. The molecule has 1 heteroatoms. The van der Waals surface area contributed by atoms with E-state index in [1.165, 1.54) is 5.57 Å². The molecule has 0 aliphatic heterocycles. The zero-order valence-corrected chi connectivity index (χ0v) is 6.57. The first-order valence-electron chi connectivity index (χ1n) is 3.28. The lowest BCUT2D eigenvalue weighted by Crippen LogP contribution is -1.89. The van der Waals surface area contributed by atoms with Crippen LogP contribution in [0.15, 0.2) is 22.8 Å². The molecule has 0 N–H and O–H groups in total. The van der Waals surface area contributed by atoms with Crippen LogP contribution >= 0.6 is 11.6 Å². The van der Waals surface area contributed by atoms with Crippen molar-refractivity contribution in [3.05, 3.63) is 22.8 Å². The molecule has 50 valence electrons. The molecule has 9 heavy (non-hydrogen) atoms. The van der Waals surface area contributed by atoms with Gasteiger partial charge in [0.1, 0.15) is 0 Å². The zero-order valence-electron chi connectivity index (χ0n) is 5.82. The Bertz CT molecular complexity index is 163. The number of allylic oxidation sites excluding steroid dienone is 4. The predicted octanol–water partition coefficient (Wildman–Crippen LogP) is 3.10. The second kappa shape index (κ2) is 2.57. The molecule has 1 rings (SSSR count). The van der Waals surface area contributed by atoms with Crippen molar-refractivity contribution in [3.8, 4) is 0 Å². The molecule has 0 unspecified atom stereocenters. The van der Waals surface area contributed by atoms with Crippen molar-refractivity contribution in [2.45, 2.75) is 20.3 Å². The van der Waals surface area contributed by atoms with Gasteiger partial charge in [-0.2, -0.15) is 0 Å². The van der Waals surface area contributed by atoms with Gasteiger partial charge in [0.15, 0.2) is 0 Å². The minimum Gasteiger partial charge on any atom is -0.0844 e. The van der Waals surface area contributed by atoms with Crippen LogP contribution in [0.3, 0.4) is 0 Å². The standard InChI is InChI=1S/C8H11Cl/c1-6(2)7-4-3-5-8(7)9/h4-6H,3H2,1-2H3. The van der Waals surface area contributed by atoms with Gasteiger partial charge in [0.05, 0.1) is 0 Å². The van der Waals surface area contributed by atoms with Crippen LogP contribution in [0.1, 0.15) is 20.3 Å². The molecule has 0 amide bonds. The highest BCUT2D eigenvalue weighted by Gasteiger charge is 2.09. The summed E-state index contributed by atoms with van der Waals surface area (Å²) in [6.07, 6.45) is 5.26. The Labute approximate surface area is 61.2 Å². The summed E-state index contributed by atoms with van der Waals surface area (Å²) in [4.78, 5) is 0. The summed E-state index contributed by atoms with van der Waals surface area (Å²) < 4.78 is 0. The van der Waals surface area contributed by atoms with Crippen molar-refractivity contribution < 1.29 is 0 Å². The zero-order chi connectivity index (χ0) is 6.85. The maximum atomic E-state index is 5.87. The molecule has 0 aromatic carbocycles. The van der Waals surface area contributed by atoms with Crippen LogP contribution in [-0.4, -0.2) is 0 Å². The van der Waals surface area contributed by atoms with Crippen LogP contribution in [-0.2, 0) is 0 Å². The van der Waals surface area contributed by atoms with E-state index < -0.39 is 0 Å². The number of hydrogen-bond acceptors (Lipinski definition) is 0. The van der Waals surface area contributed by atoms with Crippen LogP contribution in [0.2, 0.25) is 0 Å². The molecule has 1 aliphatic rings. The molecule has 0 heterocycles. The first kappa shape index (κ1) is 6.88. The topological polar surface area (TPSA) is 0 Å². The Balaban J connectivity index is 2.72. The number of rotatable bonds is 1. The van der Waals surface area contributed by atoms with Gasteiger partial charge in [0, 0.05) is 5.03 Å². The van der Waals surface area contributed by atoms with Gasteiger partial charge in [-0.15, -0.1) is 0 Å². The van der Waals surface area contributed by atoms with Gasteiger partial charge in [-0.3, -0.25) is 0 Å². The highest BCUT2D eigenvalue weighted by molar-refractivity contribution is 6.32. The second-order valence-electron chi connectivity index (χ2n) is 2.60.